The van der Waals surface area contributed by atoms with Gasteiger partial charge in [-0.05, 0) is 44.0 Å². The predicted molar refractivity (Wildman–Crippen MR) is 114 cm³/mol. The van der Waals surface area contributed by atoms with Crippen LogP contribution in [0.25, 0.3) is 0 Å². The molecule has 7 nitrogen and oxygen atoms in total. The van der Waals surface area contributed by atoms with Crippen molar-refractivity contribution in [1.29, 1.82) is 0 Å². The number of para-hydroxylation sites is 3. The van der Waals surface area contributed by atoms with Gasteiger partial charge in [0.2, 0.25) is 5.91 Å². The van der Waals surface area contributed by atoms with Gasteiger partial charge in [-0.1, -0.05) is 30.3 Å². The van der Waals surface area contributed by atoms with Crippen LogP contribution in [0.5, 0.6) is 5.75 Å². The molecule has 0 bridgehead atoms. The Hall–Kier alpha value is -3.06. The number of hydrogen-bond acceptors (Lipinski definition) is 4. The number of hydrogen-bond donors (Lipinski definition) is 3. The molecule has 7 heteroatoms. The Bertz CT molecular complexity index is 805. The predicted octanol–water partition coefficient (Wildman–Crippen LogP) is 3.31. The quantitative estimate of drug-likeness (QED) is 0.671. The summed E-state index contributed by atoms with van der Waals surface area (Å²) in [4.78, 5) is 26.6. The third-order valence-electron chi connectivity index (χ3n) is 4.78. The van der Waals surface area contributed by atoms with Crippen molar-refractivity contribution in [2.24, 2.45) is 0 Å². The fraction of sp³-hybridized carbons (Fsp3) is 0.364. The van der Waals surface area contributed by atoms with Gasteiger partial charge in [0.25, 0.3) is 0 Å². The topological polar surface area (TPSA) is 82.7 Å². The average molecular weight is 396 g/mol. The van der Waals surface area contributed by atoms with Crippen LogP contribution in [0.3, 0.4) is 0 Å². The highest BCUT2D eigenvalue weighted by Gasteiger charge is 2.22. The minimum Gasteiger partial charge on any atom is -0.492 e. The van der Waals surface area contributed by atoms with E-state index in [0.717, 1.165) is 31.6 Å². The maximum Gasteiger partial charge on any atom is 0.319 e. The van der Waals surface area contributed by atoms with Crippen molar-refractivity contribution in [3.8, 4) is 5.75 Å². The van der Waals surface area contributed by atoms with E-state index in [4.69, 9.17) is 4.74 Å². The van der Waals surface area contributed by atoms with Gasteiger partial charge in [0.05, 0.1) is 18.8 Å². The lowest BCUT2D eigenvalue weighted by Gasteiger charge is -2.31. The van der Waals surface area contributed by atoms with Gasteiger partial charge >= 0.3 is 6.03 Å². The van der Waals surface area contributed by atoms with Crippen molar-refractivity contribution in [2.45, 2.75) is 25.8 Å². The number of benzene rings is 2. The molecule has 0 aliphatic carbocycles. The Labute approximate surface area is 171 Å². The zero-order chi connectivity index (χ0) is 20.5. The first-order chi connectivity index (χ1) is 14.1. The molecule has 0 spiro atoms. The highest BCUT2D eigenvalue weighted by atomic mass is 16.5. The molecule has 0 saturated carbocycles. The standard InChI is InChI=1S/C22H28N4O3/c1-2-29-20-11-7-6-10-19(20)25-21(27)16-26-14-12-18(13-15-26)24-22(28)23-17-8-4-3-5-9-17/h3-11,18H,2,12-16H2,1H3,(H,25,27)(H2,23,24,28). The second kappa shape index (κ2) is 10.5. The monoisotopic (exact) mass is 396 g/mol. The van der Waals surface area contributed by atoms with E-state index in [2.05, 4.69) is 20.9 Å². The highest BCUT2D eigenvalue weighted by Crippen LogP contribution is 2.23. The Morgan fingerprint density at radius 3 is 2.41 bits per heavy atom. The zero-order valence-electron chi connectivity index (χ0n) is 16.7. The number of likely N-dealkylation sites (tertiary alicyclic amines) is 1. The summed E-state index contributed by atoms with van der Waals surface area (Å²) in [5.41, 5.74) is 1.46. The molecule has 1 aliphatic rings. The molecule has 1 saturated heterocycles. The second-order valence-electron chi connectivity index (χ2n) is 6.99. The number of amides is 3. The third kappa shape index (κ3) is 6.50. The minimum atomic E-state index is -0.195. The van der Waals surface area contributed by atoms with Crippen molar-refractivity contribution in [3.63, 3.8) is 0 Å². The molecule has 0 aromatic heterocycles. The molecule has 0 atom stereocenters. The van der Waals surface area contributed by atoms with Gasteiger partial charge in [0.1, 0.15) is 5.75 Å². The first-order valence-electron chi connectivity index (χ1n) is 10.0. The number of urea groups is 1. The molecule has 2 aromatic carbocycles. The summed E-state index contributed by atoms with van der Waals surface area (Å²) in [6.07, 6.45) is 1.62. The number of piperidine rings is 1. The molecule has 154 valence electrons. The molecule has 1 heterocycles. The van der Waals surface area contributed by atoms with E-state index in [9.17, 15) is 9.59 Å². The molecule has 0 unspecified atom stereocenters. The van der Waals surface area contributed by atoms with Crippen molar-refractivity contribution in [3.05, 3.63) is 54.6 Å². The number of carbonyl (C=O) groups is 2. The maximum absolute atomic E-state index is 12.4. The number of rotatable bonds is 7. The van der Waals surface area contributed by atoms with E-state index in [-0.39, 0.29) is 18.0 Å². The van der Waals surface area contributed by atoms with Crippen molar-refractivity contribution in [2.75, 3.05) is 36.9 Å². The van der Waals surface area contributed by atoms with E-state index in [0.29, 0.717) is 24.6 Å². The molecule has 29 heavy (non-hydrogen) atoms. The van der Waals surface area contributed by atoms with E-state index >= 15 is 0 Å². The first-order valence-corrected chi connectivity index (χ1v) is 10.0. The molecule has 1 aliphatic heterocycles. The number of ether oxygens (including phenoxy) is 1. The van der Waals surface area contributed by atoms with Gasteiger partial charge in [-0.15, -0.1) is 0 Å². The van der Waals surface area contributed by atoms with Crippen LogP contribution in [0.15, 0.2) is 54.6 Å². The van der Waals surface area contributed by atoms with E-state index in [1.807, 2.05) is 61.5 Å². The molecule has 3 N–H and O–H groups in total. The van der Waals surface area contributed by atoms with Crippen molar-refractivity contribution in [1.82, 2.24) is 10.2 Å². The SMILES string of the molecule is CCOc1ccccc1NC(=O)CN1CCC(NC(=O)Nc2ccccc2)CC1. The highest BCUT2D eigenvalue weighted by molar-refractivity contribution is 5.93. The molecular formula is C22H28N4O3. The van der Waals surface area contributed by atoms with Gasteiger partial charge < -0.3 is 20.7 Å². The minimum absolute atomic E-state index is 0.0645. The summed E-state index contributed by atoms with van der Waals surface area (Å²) in [5.74, 6) is 0.612. The van der Waals surface area contributed by atoms with Gasteiger partial charge in [-0.25, -0.2) is 4.79 Å². The largest absolute Gasteiger partial charge is 0.492 e. The molecule has 3 rings (SSSR count). The fourth-order valence-corrected chi connectivity index (χ4v) is 3.35. The summed E-state index contributed by atoms with van der Waals surface area (Å²) in [5, 5.41) is 8.77. The Morgan fingerprint density at radius 2 is 1.69 bits per heavy atom. The lowest BCUT2D eigenvalue weighted by molar-refractivity contribution is -0.117. The fourth-order valence-electron chi connectivity index (χ4n) is 3.35. The normalized spacial score (nSPS) is 14.8. The number of carbonyl (C=O) groups excluding carboxylic acids is 2. The van der Waals surface area contributed by atoms with Crippen LogP contribution in [0.4, 0.5) is 16.2 Å². The lowest BCUT2D eigenvalue weighted by Crippen LogP contribution is -2.47. The number of nitrogens with zero attached hydrogens (tertiary/aromatic N) is 1. The zero-order valence-corrected chi connectivity index (χ0v) is 16.7. The average Bonchev–Trinajstić information content (AvgIpc) is 2.72. The molecule has 2 aromatic rings. The Balaban J connectivity index is 1.40. The number of anilines is 2. The molecule has 1 fully saturated rings. The summed E-state index contributed by atoms with van der Waals surface area (Å²) < 4.78 is 5.55. The smallest absolute Gasteiger partial charge is 0.319 e. The van der Waals surface area contributed by atoms with Crippen molar-refractivity contribution >= 4 is 23.3 Å². The van der Waals surface area contributed by atoms with Gasteiger partial charge in [0, 0.05) is 24.8 Å². The molecule has 0 radical (unpaired) electrons. The maximum atomic E-state index is 12.4. The van der Waals surface area contributed by atoms with E-state index in [1.165, 1.54) is 0 Å². The second-order valence-corrected chi connectivity index (χ2v) is 6.99. The summed E-state index contributed by atoms with van der Waals surface area (Å²) in [6, 6.07) is 16.7. The van der Waals surface area contributed by atoms with Crippen LogP contribution in [0.2, 0.25) is 0 Å². The van der Waals surface area contributed by atoms with Crippen LogP contribution in [0.1, 0.15) is 19.8 Å². The molecular weight excluding hydrogens is 368 g/mol. The van der Waals surface area contributed by atoms with Gasteiger partial charge in [-0.2, -0.15) is 0 Å². The van der Waals surface area contributed by atoms with Gasteiger partial charge in [0.15, 0.2) is 0 Å². The Kier molecular flexibility index (Phi) is 7.47. The number of nitrogens with one attached hydrogen (secondary N) is 3. The summed E-state index contributed by atoms with van der Waals surface area (Å²) in [7, 11) is 0. The first kappa shape index (κ1) is 20.7. The van der Waals surface area contributed by atoms with Crippen LogP contribution >= 0.6 is 0 Å². The summed E-state index contributed by atoms with van der Waals surface area (Å²) in [6.45, 7) is 4.30. The van der Waals surface area contributed by atoms with Gasteiger partial charge in [-0.3, -0.25) is 9.69 Å². The van der Waals surface area contributed by atoms with Crippen molar-refractivity contribution < 1.29 is 14.3 Å². The lowest BCUT2D eigenvalue weighted by atomic mass is 10.1. The Morgan fingerprint density at radius 1 is 1.00 bits per heavy atom. The third-order valence-corrected chi connectivity index (χ3v) is 4.78. The summed E-state index contributed by atoms with van der Waals surface area (Å²) >= 11 is 0. The van der Waals surface area contributed by atoms with Crippen LogP contribution < -0.4 is 20.7 Å². The van der Waals surface area contributed by atoms with E-state index in [1.54, 1.807) is 0 Å². The van der Waals surface area contributed by atoms with Crippen LogP contribution in [-0.2, 0) is 4.79 Å². The van der Waals surface area contributed by atoms with Crippen LogP contribution in [-0.4, -0.2) is 49.1 Å². The van der Waals surface area contributed by atoms with E-state index < -0.39 is 0 Å². The molecule has 3 amide bonds. The van der Waals surface area contributed by atoms with Crippen LogP contribution in [0, 0.1) is 0 Å².